The van der Waals surface area contributed by atoms with E-state index in [9.17, 15) is 9.59 Å². The lowest BCUT2D eigenvalue weighted by Gasteiger charge is -2.43. The van der Waals surface area contributed by atoms with Gasteiger partial charge in [-0.25, -0.2) is 15.2 Å². The summed E-state index contributed by atoms with van der Waals surface area (Å²) in [4.78, 5) is 27.5. The van der Waals surface area contributed by atoms with Gasteiger partial charge in [0.2, 0.25) is 5.91 Å². The van der Waals surface area contributed by atoms with Crippen LogP contribution in [0.2, 0.25) is 0 Å². The van der Waals surface area contributed by atoms with Crippen molar-refractivity contribution in [2.24, 2.45) is 0 Å². The van der Waals surface area contributed by atoms with Gasteiger partial charge in [-0.1, -0.05) is 19.1 Å². The summed E-state index contributed by atoms with van der Waals surface area (Å²) in [5.41, 5.74) is 4.27. The summed E-state index contributed by atoms with van der Waals surface area (Å²) >= 11 is 0. The first-order chi connectivity index (χ1) is 13.6. The van der Waals surface area contributed by atoms with Crippen molar-refractivity contribution < 1.29 is 14.3 Å². The number of hydrogen-bond acceptors (Lipinski definition) is 7. The van der Waals surface area contributed by atoms with Crippen LogP contribution in [0, 0.1) is 0 Å². The zero-order valence-electron chi connectivity index (χ0n) is 16.7. The summed E-state index contributed by atoms with van der Waals surface area (Å²) < 4.78 is 5.09. The smallest absolute Gasteiger partial charge is 0.340 e. The van der Waals surface area contributed by atoms with Gasteiger partial charge < -0.3 is 15.4 Å². The van der Waals surface area contributed by atoms with Crippen LogP contribution in [-0.2, 0) is 9.53 Å². The minimum Gasteiger partial charge on any atom is -0.462 e. The molecule has 2 saturated heterocycles. The van der Waals surface area contributed by atoms with E-state index in [1.807, 2.05) is 0 Å². The SMILES string of the molecule is CCCN1NC(C(=O)Nc2ccccc2C(=O)OCC)CCC1N1CCNC1. The van der Waals surface area contributed by atoms with E-state index < -0.39 is 5.97 Å². The second-order valence-corrected chi connectivity index (χ2v) is 7.16. The molecule has 1 aromatic rings. The normalized spacial score (nSPS) is 23.5. The Hall–Kier alpha value is -2.00. The summed E-state index contributed by atoms with van der Waals surface area (Å²) in [5.74, 6) is -0.556. The Bertz CT molecular complexity index is 678. The standard InChI is InChI=1S/C20H31N5O3/c1-3-12-25-18(24-13-11-21-14-24)10-9-17(23-25)19(26)22-16-8-6-5-7-15(16)20(27)28-4-2/h5-8,17-18,21,23H,3-4,9-14H2,1-2H3,(H,22,26). The van der Waals surface area contributed by atoms with Gasteiger partial charge in [-0.15, -0.1) is 0 Å². The molecule has 0 aliphatic carbocycles. The van der Waals surface area contributed by atoms with Crippen molar-refractivity contribution in [3.8, 4) is 0 Å². The molecule has 2 heterocycles. The van der Waals surface area contributed by atoms with Crippen LogP contribution in [0.5, 0.6) is 0 Å². The van der Waals surface area contributed by atoms with Crippen LogP contribution in [0.25, 0.3) is 0 Å². The fourth-order valence-corrected chi connectivity index (χ4v) is 3.82. The molecule has 28 heavy (non-hydrogen) atoms. The molecule has 2 atom stereocenters. The first-order valence-electron chi connectivity index (χ1n) is 10.2. The molecule has 2 aliphatic heterocycles. The first kappa shape index (κ1) is 20.7. The topological polar surface area (TPSA) is 85.9 Å². The van der Waals surface area contributed by atoms with E-state index >= 15 is 0 Å². The van der Waals surface area contributed by atoms with Crippen LogP contribution in [0.15, 0.2) is 24.3 Å². The van der Waals surface area contributed by atoms with Crippen molar-refractivity contribution in [1.82, 2.24) is 20.7 Å². The van der Waals surface area contributed by atoms with E-state index in [-0.39, 0.29) is 11.9 Å². The van der Waals surface area contributed by atoms with Crippen LogP contribution in [-0.4, -0.2) is 66.9 Å². The van der Waals surface area contributed by atoms with E-state index in [0.717, 1.165) is 45.6 Å². The lowest BCUT2D eigenvalue weighted by molar-refractivity contribution is -0.124. The fourth-order valence-electron chi connectivity index (χ4n) is 3.82. The number of amides is 1. The zero-order valence-corrected chi connectivity index (χ0v) is 16.7. The number of rotatable bonds is 7. The van der Waals surface area contributed by atoms with E-state index in [1.54, 1.807) is 31.2 Å². The third kappa shape index (κ3) is 4.88. The maximum absolute atomic E-state index is 12.9. The van der Waals surface area contributed by atoms with Gasteiger partial charge in [0.1, 0.15) is 6.04 Å². The van der Waals surface area contributed by atoms with Crippen molar-refractivity contribution >= 4 is 17.6 Å². The number of carbonyl (C=O) groups excluding carboxylic acids is 2. The Kier molecular flexibility index (Phi) is 7.38. The molecule has 1 amide bonds. The molecule has 0 bridgehead atoms. The molecule has 2 fully saturated rings. The Morgan fingerprint density at radius 1 is 1.25 bits per heavy atom. The lowest BCUT2D eigenvalue weighted by atomic mass is 10.0. The number of benzene rings is 1. The van der Waals surface area contributed by atoms with Crippen LogP contribution in [0.3, 0.4) is 0 Å². The van der Waals surface area contributed by atoms with E-state index in [2.05, 4.69) is 32.9 Å². The number of esters is 1. The molecule has 8 heteroatoms. The number of anilines is 1. The lowest BCUT2D eigenvalue weighted by Crippen LogP contribution is -2.62. The third-order valence-electron chi connectivity index (χ3n) is 5.17. The highest BCUT2D eigenvalue weighted by atomic mass is 16.5. The predicted molar refractivity (Wildman–Crippen MR) is 108 cm³/mol. The van der Waals surface area contributed by atoms with Gasteiger partial charge >= 0.3 is 5.97 Å². The molecular weight excluding hydrogens is 358 g/mol. The minimum absolute atomic E-state index is 0.129. The predicted octanol–water partition coefficient (Wildman–Crippen LogP) is 1.37. The van der Waals surface area contributed by atoms with Gasteiger partial charge in [-0.05, 0) is 38.3 Å². The molecular formula is C20H31N5O3. The van der Waals surface area contributed by atoms with Gasteiger partial charge in [0.05, 0.1) is 24.0 Å². The van der Waals surface area contributed by atoms with Crippen molar-refractivity contribution in [1.29, 1.82) is 0 Å². The van der Waals surface area contributed by atoms with Gasteiger partial charge in [0.25, 0.3) is 0 Å². The molecule has 1 aromatic carbocycles. The molecule has 8 nitrogen and oxygen atoms in total. The number of hydrogen-bond donors (Lipinski definition) is 3. The highest BCUT2D eigenvalue weighted by Gasteiger charge is 2.35. The second kappa shape index (κ2) is 9.97. The Labute approximate surface area is 166 Å². The summed E-state index contributed by atoms with van der Waals surface area (Å²) in [6, 6.07) is 6.64. The van der Waals surface area contributed by atoms with Gasteiger partial charge in [0, 0.05) is 26.3 Å². The summed E-state index contributed by atoms with van der Waals surface area (Å²) in [6.07, 6.45) is 2.97. The first-order valence-corrected chi connectivity index (χ1v) is 10.2. The average Bonchev–Trinajstić information content (AvgIpc) is 3.23. The maximum Gasteiger partial charge on any atom is 0.340 e. The highest BCUT2D eigenvalue weighted by molar-refractivity contribution is 6.02. The molecule has 3 rings (SSSR count). The maximum atomic E-state index is 12.9. The average molecular weight is 390 g/mol. The number of ether oxygens (including phenoxy) is 1. The van der Waals surface area contributed by atoms with Crippen molar-refractivity contribution in [3.63, 3.8) is 0 Å². The van der Waals surface area contributed by atoms with Crippen LogP contribution >= 0.6 is 0 Å². The molecule has 2 unspecified atom stereocenters. The Balaban J connectivity index is 1.66. The summed E-state index contributed by atoms with van der Waals surface area (Å²) in [6.45, 7) is 7.99. The molecule has 154 valence electrons. The van der Waals surface area contributed by atoms with Gasteiger partial charge in [-0.3, -0.25) is 9.69 Å². The minimum atomic E-state index is -0.427. The molecule has 2 aliphatic rings. The highest BCUT2D eigenvalue weighted by Crippen LogP contribution is 2.22. The molecule has 0 spiro atoms. The summed E-state index contributed by atoms with van der Waals surface area (Å²) in [5, 5.41) is 8.48. The Morgan fingerprint density at radius 2 is 2.07 bits per heavy atom. The van der Waals surface area contributed by atoms with Crippen LogP contribution in [0.1, 0.15) is 43.5 Å². The van der Waals surface area contributed by atoms with Crippen molar-refractivity contribution in [2.45, 2.75) is 45.3 Å². The van der Waals surface area contributed by atoms with Gasteiger partial charge in [0.15, 0.2) is 0 Å². The number of carbonyl (C=O) groups is 2. The quantitative estimate of drug-likeness (QED) is 0.607. The zero-order chi connectivity index (χ0) is 19.9. The fraction of sp³-hybridized carbons (Fsp3) is 0.600. The van der Waals surface area contributed by atoms with Crippen LogP contribution < -0.4 is 16.1 Å². The number of para-hydroxylation sites is 1. The molecule has 0 radical (unpaired) electrons. The molecule has 0 aromatic heterocycles. The second-order valence-electron chi connectivity index (χ2n) is 7.16. The Morgan fingerprint density at radius 3 is 2.79 bits per heavy atom. The van der Waals surface area contributed by atoms with Gasteiger partial charge in [-0.2, -0.15) is 0 Å². The molecule has 3 N–H and O–H groups in total. The van der Waals surface area contributed by atoms with E-state index in [4.69, 9.17) is 4.74 Å². The monoisotopic (exact) mass is 389 g/mol. The van der Waals surface area contributed by atoms with Crippen molar-refractivity contribution in [2.75, 3.05) is 38.2 Å². The summed E-state index contributed by atoms with van der Waals surface area (Å²) in [7, 11) is 0. The van der Waals surface area contributed by atoms with Crippen LogP contribution in [0.4, 0.5) is 5.69 Å². The largest absolute Gasteiger partial charge is 0.462 e. The number of hydrazine groups is 1. The van der Waals surface area contributed by atoms with E-state index in [0.29, 0.717) is 24.0 Å². The van der Waals surface area contributed by atoms with Crippen molar-refractivity contribution in [3.05, 3.63) is 29.8 Å². The number of nitrogens with zero attached hydrogens (tertiary/aromatic N) is 2. The number of nitrogens with one attached hydrogen (secondary N) is 3. The van der Waals surface area contributed by atoms with E-state index in [1.165, 1.54) is 0 Å². The molecule has 0 saturated carbocycles. The third-order valence-corrected chi connectivity index (χ3v) is 5.17.